The van der Waals surface area contributed by atoms with Crippen molar-refractivity contribution in [1.29, 1.82) is 0 Å². The van der Waals surface area contributed by atoms with Gasteiger partial charge in [-0.2, -0.15) is 0 Å². The first kappa shape index (κ1) is 14.9. The summed E-state index contributed by atoms with van der Waals surface area (Å²) in [5.41, 5.74) is 6.12. The largest absolute Gasteiger partial charge is 0.368 e. The predicted octanol–water partition coefficient (Wildman–Crippen LogP) is 3.35. The maximum atomic E-state index is 12.4. The average molecular weight is 307 g/mol. The second-order valence-electron chi connectivity index (χ2n) is 6.43. The molecular formula is C17H23ClN2O. The van der Waals surface area contributed by atoms with Gasteiger partial charge in [-0.1, -0.05) is 43.0 Å². The summed E-state index contributed by atoms with van der Waals surface area (Å²) in [4.78, 5) is 12.4. The van der Waals surface area contributed by atoms with E-state index in [-0.39, 0.29) is 5.91 Å². The van der Waals surface area contributed by atoms with Crippen molar-refractivity contribution < 1.29 is 4.79 Å². The SMILES string of the molecule is NC(=O)C(NC1CCCCC1)(c1ccc(Cl)cc1)C1CC1. The molecular weight excluding hydrogens is 284 g/mol. The summed E-state index contributed by atoms with van der Waals surface area (Å²) in [5.74, 6) is 0.0657. The molecule has 2 aliphatic rings. The summed E-state index contributed by atoms with van der Waals surface area (Å²) in [6.07, 6.45) is 8.16. The summed E-state index contributed by atoms with van der Waals surface area (Å²) in [5, 5.41) is 4.33. The smallest absolute Gasteiger partial charge is 0.242 e. The molecule has 2 aliphatic carbocycles. The van der Waals surface area contributed by atoms with E-state index in [2.05, 4.69) is 5.32 Å². The molecule has 1 amide bonds. The minimum atomic E-state index is -0.716. The molecule has 0 spiro atoms. The predicted molar refractivity (Wildman–Crippen MR) is 85.1 cm³/mol. The lowest BCUT2D eigenvalue weighted by Crippen LogP contribution is -2.58. The third kappa shape index (κ3) is 2.95. The minimum absolute atomic E-state index is 0.252. The molecule has 0 aromatic heterocycles. The number of amides is 1. The quantitative estimate of drug-likeness (QED) is 0.876. The van der Waals surface area contributed by atoms with Crippen LogP contribution in [0.5, 0.6) is 0 Å². The number of carbonyl (C=O) groups is 1. The molecule has 3 nitrogen and oxygen atoms in total. The lowest BCUT2D eigenvalue weighted by Gasteiger charge is -2.38. The zero-order chi connectivity index (χ0) is 14.9. The lowest BCUT2D eigenvalue weighted by molar-refractivity contribution is -0.126. The van der Waals surface area contributed by atoms with Gasteiger partial charge in [0.1, 0.15) is 5.54 Å². The lowest BCUT2D eigenvalue weighted by atomic mass is 9.81. The van der Waals surface area contributed by atoms with Gasteiger partial charge in [-0.15, -0.1) is 0 Å². The van der Waals surface area contributed by atoms with Crippen molar-refractivity contribution >= 4 is 17.5 Å². The van der Waals surface area contributed by atoms with Crippen LogP contribution in [0.15, 0.2) is 24.3 Å². The van der Waals surface area contributed by atoms with Gasteiger partial charge >= 0.3 is 0 Å². The van der Waals surface area contributed by atoms with E-state index in [1.807, 2.05) is 24.3 Å². The summed E-state index contributed by atoms with van der Waals surface area (Å²) in [6.45, 7) is 0. The number of hydrogen-bond donors (Lipinski definition) is 2. The standard InChI is InChI=1S/C17H23ClN2O/c18-14-10-8-13(9-11-14)17(16(19)21,12-6-7-12)20-15-4-2-1-3-5-15/h8-12,15,20H,1-7H2,(H2,19,21). The van der Waals surface area contributed by atoms with E-state index in [1.54, 1.807) is 0 Å². The Balaban J connectivity index is 1.93. The normalized spacial score (nSPS) is 22.7. The molecule has 0 aliphatic heterocycles. The Kier molecular flexibility index (Phi) is 4.23. The number of nitrogens with two attached hydrogens (primary N) is 1. The van der Waals surface area contributed by atoms with Crippen LogP contribution < -0.4 is 11.1 Å². The first-order valence-corrected chi connectivity index (χ1v) is 8.34. The molecule has 4 heteroatoms. The average Bonchev–Trinajstić information content (AvgIpc) is 3.31. The third-order valence-electron chi connectivity index (χ3n) is 4.91. The molecule has 0 bridgehead atoms. The van der Waals surface area contributed by atoms with Gasteiger partial charge in [0, 0.05) is 11.1 Å². The molecule has 1 aromatic rings. The molecule has 3 N–H and O–H groups in total. The highest BCUT2D eigenvalue weighted by molar-refractivity contribution is 6.30. The Morgan fingerprint density at radius 3 is 2.24 bits per heavy atom. The van der Waals surface area contributed by atoms with Crippen LogP contribution in [-0.2, 0) is 10.3 Å². The molecule has 0 radical (unpaired) electrons. The summed E-state index contributed by atoms with van der Waals surface area (Å²) in [6, 6.07) is 7.98. The fourth-order valence-corrected chi connectivity index (χ4v) is 3.78. The van der Waals surface area contributed by atoms with Crippen LogP contribution >= 0.6 is 11.6 Å². The van der Waals surface area contributed by atoms with Gasteiger partial charge in [0.05, 0.1) is 0 Å². The van der Waals surface area contributed by atoms with E-state index in [0.29, 0.717) is 17.0 Å². The molecule has 3 rings (SSSR count). The number of primary amides is 1. The Bertz CT molecular complexity index is 506. The highest BCUT2D eigenvalue weighted by atomic mass is 35.5. The molecule has 0 heterocycles. The van der Waals surface area contributed by atoms with Crippen LogP contribution in [0, 0.1) is 5.92 Å². The maximum absolute atomic E-state index is 12.4. The maximum Gasteiger partial charge on any atom is 0.242 e. The Morgan fingerprint density at radius 2 is 1.71 bits per heavy atom. The molecule has 1 atom stereocenters. The van der Waals surface area contributed by atoms with Crippen LogP contribution in [0.25, 0.3) is 0 Å². The van der Waals surface area contributed by atoms with Crippen molar-refractivity contribution in [2.24, 2.45) is 11.7 Å². The number of carbonyl (C=O) groups excluding carboxylic acids is 1. The first-order valence-electron chi connectivity index (χ1n) is 7.96. The van der Waals surface area contributed by atoms with Crippen LogP contribution in [-0.4, -0.2) is 11.9 Å². The van der Waals surface area contributed by atoms with Gasteiger partial charge in [0.2, 0.25) is 5.91 Å². The van der Waals surface area contributed by atoms with E-state index < -0.39 is 5.54 Å². The van der Waals surface area contributed by atoms with Crippen molar-refractivity contribution in [2.75, 3.05) is 0 Å². The molecule has 0 saturated heterocycles. The van der Waals surface area contributed by atoms with Crippen LogP contribution in [0.2, 0.25) is 5.02 Å². The fraction of sp³-hybridized carbons (Fsp3) is 0.588. The summed E-state index contributed by atoms with van der Waals surface area (Å²) in [7, 11) is 0. The van der Waals surface area contributed by atoms with Crippen LogP contribution in [0.1, 0.15) is 50.5 Å². The topological polar surface area (TPSA) is 55.1 Å². The van der Waals surface area contributed by atoms with Gasteiger partial charge in [-0.05, 0) is 49.3 Å². The van der Waals surface area contributed by atoms with Crippen molar-refractivity contribution in [3.63, 3.8) is 0 Å². The number of halogens is 1. The zero-order valence-corrected chi connectivity index (χ0v) is 13.0. The van der Waals surface area contributed by atoms with Crippen molar-refractivity contribution in [3.8, 4) is 0 Å². The number of rotatable bonds is 5. The highest BCUT2D eigenvalue weighted by Crippen LogP contribution is 2.46. The van der Waals surface area contributed by atoms with Crippen LogP contribution in [0.4, 0.5) is 0 Å². The molecule has 2 saturated carbocycles. The second kappa shape index (κ2) is 5.98. The molecule has 21 heavy (non-hydrogen) atoms. The van der Waals surface area contributed by atoms with Gasteiger partial charge in [0.15, 0.2) is 0 Å². The van der Waals surface area contributed by atoms with E-state index in [0.717, 1.165) is 31.2 Å². The monoisotopic (exact) mass is 306 g/mol. The van der Waals surface area contributed by atoms with Gasteiger partial charge in [-0.25, -0.2) is 0 Å². The van der Waals surface area contributed by atoms with Crippen molar-refractivity contribution in [1.82, 2.24) is 5.32 Å². The number of nitrogens with one attached hydrogen (secondary N) is 1. The van der Waals surface area contributed by atoms with Gasteiger partial charge < -0.3 is 5.73 Å². The Morgan fingerprint density at radius 1 is 1.10 bits per heavy atom. The molecule has 1 aromatic carbocycles. The minimum Gasteiger partial charge on any atom is -0.368 e. The zero-order valence-electron chi connectivity index (χ0n) is 12.3. The van der Waals surface area contributed by atoms with Crippen molar-refractivity contribution in [2.45, 2.75) is 56.5 Å². The van der Waals surface area contributed by atoms with Crippen LogP contribution in [0.3, 0.4) is 0 Å². The first-order chi connectivity index (χ1) is 10.1. The Labute approximate surface area is 131 Å². The number of benzene rings is 1. The third-order valence-corrected chi connectivity index (χ3v) is 5.17. The number of hydrogen-bond acceptors (Lipinski definition) is 2. The molecule has 1 unspecified atom stereocenters. The van der Waals surface area contributed by atoms with Gasteiger partial charge in [-0.3, -0.25) is 10.1 Å². The summed E-state index contributed by atoms with van der Waals surface area (Å²) >= 11 is 5.99. The molecule has 2 fully saturated rings. The fourth-order valence-electron chi connectivity index (χ4n) is 3.65. The van der Waals surface area contributed by atoms with Gasteiger partial charge in [0.25, 0.3) is 0 Å². The van der Waals surface area contributed by atoms with E-state index in [1.165, 1.54) is 19.3 Å². The highest BCUT2D eigenvalue weighted by Gasteiger charge is 2.51. The molecule has 114 valence electrons. The van der Waals surface area contributed by atoms with E-state index in [9.17, 15) is 4.79 Å². The summed E-state index contributed by atoms with van der Waals surface area (Å²) < 4.78 is 0. The Hall–Kier alpha value is -1.06. The van der Waals surface area contributed by atoms with E-state index in [4.69, 9.17) is 17.3 Å². The van der Waals surface area contributed by atoms with Crippen molar-refractivity contribution in [3.05, 3.63) is 34.9 Å². The van der Waals surface area contributed by atoms with E-state index >= 15 is 0 Å². The second-order valence-corrected chi connectivity index (χ2v) is 6.87.